The highest BCUT2D eigenvalue weighted by atomic mass is 79.9. The van der Waals surface area contributed by atoms with Gasteiger partial charge in [0.15, 0.2) is 23.0 Å². The van der Waals surface area contributed by atoms with Crippen LogP contribution in [0, 0.1) is 0 Å². The summed E-state index contributed by atoms with van der Waals surface area (Å²) in [5.74, 6) is -0.0369. The molecule has 2 heterocycles. The Balaban J connectivity index is 1.59. The minimum Gasteiger partial charge on any atom is -0.443 e. The van der Waals surface area contributed by atoms with Crippen molar-refractivity contribution in [2.75, 3.05) is 5.32 Å². The first kappa shape index (κ1) is 19.1. The van der Waals surface area contributed by atoms with Gasteiger partial charge in [-0.2, -0.15) is 0 Å². The van der Waals surface area contributed by atoms with Gasteiger partial charge in [0, 0.05) is 26.0 Å². The largest absolute Gasteiger partial charge is 0.443 e. The fraction of sp³-hybridized carbons (Fsp3) is 0. The van der Waals surface area contributed by atoms with Crippen LogP contribution < -0.4 is 5.32 Å². The predicted molar refractivity (Wildman–Crippen MR) is 115 cm³/mol. The first-order valence-electron chi connectivity index (χ1n) is 7.93. The number of hydrogen-bond acceptors (Lipinski definition) is 5. The quantitative estimate of drug-likeness (QED) is 0.339. The highest BCUT2D eigenvalue weighted by Gasteiger charge is 2.21. The third-order valence-corrected chi connectivity index (χ3v) is 5.83. The molecule has 4 rings (SSSR count). The summed E-state index contributed by atoms with van der Waals surface area (Å²) in [5.41, 5.74) is 2.29. The first-order valence-corrected chi connectivity index (χ1v) is 10.4. The van der Waals surface area contributed by atoms with Crippen LogP contribution in [0.3, 0.4) is 0 Å². The molecule has 0 atom stereocenters. The molecule has 0 unspecified atom stereocenters. The number of oxazole rings is 1. The van der Waals surface area contributed by atoms with Crippen molar-refractivity contribution in [3.63, 3.8) is 0 Å². The summed E-state index contributed by atoms with van der Waals surface area (Å²) < 4.78 is 6.24. The lowest BCUT2D eigenvalue weighted by molar-refractivity contribution is 0.102. The molecule has 5 nitrogen and oxygen atoms in total. The van der Waals surface area contributed by atoms with E-state index < -0.39 is 5.91 Å². The van der Waals surface area contributed by atoms with Gasteiger partial charge >= 0.3 is 0 Å². The second-order valence-electron chi connectivity index (χ2n) is 5.63. The van der Waals surface area contributed by atoms with Crippen LogP contribution in [-0.2, 0) is 0 Å². The minimum atomic E-state index is -0.414. The molecule has 2 aromatic carbocycles. The summed E-state index contributed by atoms with van der Waals surface area (Å²) in [7, 11) is 0. The topological polar surface area (TPSA) is 68.0 Å². The molecule has 140 valence electrons. The van der Waals surface area contributed by atoms with Crippen molar-refractivity contribution in [2.45, 2.75) is 0 Å². The van der Waals surface area contributed by atoms with Crippen LogP contribution in [0.15, 0.2) is 63.1 Å². The molecule has 0 saturated heterocycles. The zero-order chi connectivity index (χ0) is 19.7. The third-order valence-electron chi connectivity index (χ3n) is 3.83. The van der Waals surface area contributed by atoms with E-state index in [-0.39, 0.29) is 5.69 Å². The Kier molecular flexibility index (Phi) is 5.50. The smallest absolute Gasteiger partial charge is 0.280 e. The molecular weight excluding hydrogens is 485 g/mol. The van der Waals surface area contributed by atoms with Gasteiger partial charge in [0.25, 0.3) is 5.91 Å². The molecule has 28 heavy (non-hydrogen) atoms. The molecule has 4 aromatic rings. The van der Waals surface area contributed by atoms with E-state index in [1.165, 1.54) is 17.7 Å². The van der Waals surface area contributed by atoms with Gasteiger partial charge in [0.1, 0.15) is 0 Å². The van der Waals surface area contributed by atoms with E-state index >= 15 is 0 Å². The lowest BCUT2D eigenvalue weighted by atomic mass is 10.1. The number of aromatic nitrogens is 2. The molecule has 9 heteroatoms. The monoisotopic (exact) mass is 493 g/mol. The number of nitrogens with zero attached hydrogens (tertiary/aromatic N) is 2. The predicted octanol–water partition coefficient (Wildman–Crippen LogP) is 6.79. The Morgan fingerprint density at radius 2 is 1.96 bits per heavy atom. The Labute approximate surface area is 182 Å². The van der Waals surface area contributed by atoms with Crippen LogP contribution in [0.25, 0.3) is 22.6 Å². The van der Waals surface area contributed by atoms with Gasteiger partial charge in [-0.3, -0.25) is 10.1 Å². The Bertz CT molecular complexity index is 1180. The Morgan fingerprint density at radius 3 is 2.75 bits per heavy atom. The zero-order valence-electron chi connectivity index (χ0n) is 13.9. The highest BCUT2D eigenvalue weighted by molar-refractivity contribution is 9.10. The van der Waals surface area contributed by atoms with Gasteiger partial charge in [-0.1, -0.05) is 57.3 Å². The minimum absolute atomic E-state index is 0.174. The maximum Gasteiger partial charge on any atom is 0.280 e. The van der Waals surface area contributed by atoms with Crippen molar-refractivity contribution in [2.24, 2.45) is 0 Å². The van der Waals surface area contributed by atoms with E-state index in [1.54, 1.807) is 18.2 Å². The zero-order valence-corrected chi connectivity index (χ0v) is 17.9. The molecule has 0 aliphatic heterocycles. The molecule has 0 radical (unpaired) electrons. The molecule has 0 bridgehead atoms. The van der Waals surface area contributed by atoms with Crippen LogP contribution in [0.4, 0.5) is 5.13 Å². The van der Waals surface area contributed by atoms with Crippen LogP contribution in [-0.4, -0.2) is 15.9 Å². The fourth-order valence-electron chi connectivity index (χ4n) is 2.55. The summed E-state index contributed by atoms with van der Waals surface area (Å²) in [6.45, 7) is 0. The molecule has 0 aliphatic rings. The summed E-state index contributed by atoms with van der Waals surface area (Å²) >= 11 is 16.9. The van der Waals surface area contributed by atoms with Crippen LogP contribution in [0.2, 0.25) is 10.0 Å². The number of anilines is 1. The van der Waals surface area contributed by atoms with Gasteiger partial charge in [-0.25, -0.2) is 9.97 Å². The van der Waals surface area contributed by atoms with Gasteiger partial charge in [0.2, 0.25) is 0 Å². The summed E-state index contributed by atoms with van der Waals surface area (Å²) in [4.78, 5) is 21.2. The van der Waals surface area contributed by atoms with Crippen molar-refractivity contribution >= 4 is 61.5 Å². The number of nitrogens with one attached hydrogen (secondary N) is 1. The molecule has 2 aromatic heterocycles. The maximum absolute atomic E-state index is 12.7. The lowest BCUT2D eigenvalue weighted by Gasteiger charge is -2.04. The number of halogens is 3. The van der Waals surface area contributed by atoms with E-state index in [1.807, 2.05) is 29.6 Å². The van der Waals surface area contributed by atoms with Crippen LogP contribution >= 0.6 is 50.5 Å². The molecule has 0 spiro atoms. The molecule has 0 saturated carbocycles. The number of rotatable bonds is 4. The van der Waals surface area contributed by atoms with E-state index in [2.05, 4.69) is 31.2 Å². The van der Waals surface area contributed by atoms with Crippen LogP contribution in [0.1, 0.15) is 10.5 Å². The Hall–Kier alpha value is -2.19. The summed E-state index contributed by atoms with van der Waals surface area (Å²) in [5, 5.41) is 6.02. The van der Waals surface area contributed by atoms with E-state index in [9.17, 15) is 4.79 Å². The molecule has 1 amide bonds. The van der Waals surface area contributed by atoms with E-state index in [0.29, 0.717) is 26.6 Å². The molecule has 0 fully saturated rings. The van der Waals surface area contributed by atoms with Gasteiger partial charge in [0.05, 0.1) is 10.7 Å². The lowest BCUT2D eigenvalue weighted by Crippen LogP contribution is -2.13. The van der Waals surface area contributed by atoms with Crippen molar-refractivity contribution in [3.05, 3.63) is 74.5 Å². The van der Waals surface area contributed by atoms with Gasteiger partial charge < -0.3 is 4.42 Å². The third kappa shape index (κ3) is 3.84. The SMILES string of the molecule is O=C(Nc1nc(-c2ccc(Cl)cc2Cl)cs1)c1ncoc1-c1ccccc1Br. The normalized spacial score (nSPS) is 10.8. The first-order chi connectivity index (χ1) is 13.5. The number of carbonyl (C=O) groups excluding carboxylic acids is 1. The number of amides is 1. The number of benzene rings is 2. The molecule has 0 aliphatic carbocycles. The maximum atomic E-state index is 12.7. The number of thiazole rings is 1. The van der Waals surface area contributed by atoms with Crippen LogP contribution in [0.5, 0.6) is 0 Å². The van der Waals surface area contributed by atoms with E-state index in [0.717, 1.165) is 15.6 Å². The van der Waals surface area contributed by atoms with Crippen molar-refractivity contribution < 1.29 is 9.21 Å². The van der Waals surface area contributed by atoms with Crippen molar-refractivity contribution in [3.8, 4) is 22.6 Å². The standard InChI is InChI=1S/C19H10BrCl2N3O2S/c20-13-4-2-1-3-11(13)17-16(23-9-27-17)18(26)25-19-24-15(8-28-19)12-6-5-10(21)7-14(12)22/h1-9H,(H,24,25,26). The second kappa shape index (κ2) is 8.05. The average molecular weight is 495 g/mol. The second-order valence-corrected chi connectivity index (χ2v) is 8.18. The van der Waals surface area contributed by atoms with Crippen molar-refractivity contribution in [1.82, 2.24) is 9.97 Å². The average Bonchev–Trinajstić information content (AvgIpc) is 3.32. The Morgan fingerprint density at radius 1 is 1.14 bits per heavy atom. The summed E-state index contributed by atoms with van der Waals surface area (Å²) in [6.07, 6.45) is 1.24. The molecular formula is C19H10BrCl2N3O2S. The number of carbonyl (C=O) groups is 1. The summed E-state index contributed by atoms with van der Waals surface area (Å²) in [6, 6.07) is 12.6. The van der Waals surface area contributed by atoms with Crippen molar-refractivity contribution in [1.29, 1.82) is 0 Å². The fourth-order valence-corrected chi connectivity index (χ4v) is 4.23. The van der Waals surface area contributed by atoms with Gasteiger partial charge in [-0.05, 0) is 24.3 Å². The highest BCUT2D eigenvalue weighted by Crippen LogP contribution is 2.33. The number of hydrogen-bond donors (Lipinski definition) is 1. The molecule has 1 N–H and O–H groups in total. The van der Waals surface area contributed by atoms with E-state index in [4.69, 9.17) is 27.6 Å². The van der Waals surface area contributed by atoms with Gasteiger partial charge in [-0.15, -0.1) is 11.3 Å².